The zero-order chi connectivity index (χ0) is 26.8. The fourth-order valence-electron chi connectivity index (χ4n) is 6.37. The number of aromatic nitrogens is 3. The molecule has 0 aliphatic heterocycles. The van der Waals surface area contributed by atoms with Gasteiger partial charge in [0.25, 0.3) is 0 Å². The summed E-state index contributed by atoms with van der Waals surface area (Å²) in [6.07, 6.45) is 0. The summed E-state index contributed by atoms with van der Waals surface area (Å²) in [4.78, 5) is 4.83. The fraction of sp³-hybridized carbons (Fsp3) is 0.0278. The van der Waals surface area contributed by atoms with E-state index in [1.54, 1.807) is 0 Å². The van der Waals surface area contributed by atoms with Crippen LogP contribution in [-0.2, 0) is 0 Å². The molecule has 0 bridgehead atoms. The molecule has 0 spiro atoms. The first-order valence-electron chi connectivity index (χ1n) is 13.5. The van der Waals surface area contributed by atoms with Gasteiger partial charge in [0.2, 0.25) is 0 Å². The van der Waals surface area contributed by atoms with Gasteiger partial charge >= 0.3 is 248 Å². The van der Waals surface area contributed by atoms with Crippen LogP contribution in [0.15, 0.2) is 127 Å². The van der Waals surface area contributed by atoms with Crippen molar-refractivity contribution in [1.82, 2.24) is 14.1 Å². The Balaban J connectivity index is 1.71. The molecule has 8 rings (SSSR count). The Morgan fingerprint density at radius 2 is 1.00 bits per heavy atom. The monoisotopic (exact) mass is 709 g/mol. The Bertz CT molecular complexity index is 2070. The Morgan fingerprint density at radius 1 is 0.525 bits per heavy atom. The maximum absolute atomic E-state index is 4.83. The van der Waals surface area contributed by atoms with Crippen LogP contribution < -0.4 is 3.40 Å². The van der Waals surface area contributed by atoms with Crippen molar-refractivity contribution in [2.45, 2.75) is 6.92 Å². The molecule has 0 N–H and O–H groups in total. The van der Waals surface area contributed by atoms with Gasteiger partial charge in [-0.1, -0.05) is 0 Å². The standard InChI is InChI=1S/C36H24N3.Bi.2H/c1-24-22-25(20-21-37-24)34-35-30(28-16-8-10-18-32(28)38(35)26-12-4-2-5-13-26)23-31-29-17-9-11-19-33(29)39(36(31)34)27-14-6-3-7-15-27;;;/h2-20,22-23H,1H3;;;. The van der Waals surface area contributed by atoms with Gasteiger partial charge in [-0.3, -0.25) is 0 Å². The molecular formula is C36H26BiN3. The number of fused-ring (bicyclic) bond motifs is 6. The molecule has 0 atom stereocenters. The Kier molecular flexibility index (Phi) is 5.40. The third-order valence-electron chi connectivity index (χ3n) is 7.88. The summed E-state index contributed by atoms with van der Waals surface area (Å²) in [5, 5.41) is 5.06. The van der Waals surface area contributed by atoms with E-state index in [4.69, 9.17) is 4.98 Å². The molecule has 0 radical (unpaired) electrons. The molecule has 3 nitrogen and oxygen atoms in total. The average molecular weight is 710 g/mol. The minimum atomic E-state index is 0.651. The van der Waals surface area contributed by atoms with Gasteiger partial charge in [-0.25, -0.2) is 0 Å². The fourth-order valence-corrected chi connectivity index (χ4v) is 7.86. The number of hydrogen-bond donors (Lipinski definition) is 0. The van der Waals surface area contributed by atoms with Crippen molar-refractivity contribution in [2.24, 2.45) is 0 Å². The number of para-hydroxylation sites is 4. The SMILES string of the molecule is Cc1cc(-c2c3c(cc4c5ccccc5n(-c5ccccc5)c24)c2ccccc2n3-c2ccccc2)c[c]([BiH2])n1. The van der Waals surface area contributed by atoms with E-state index in [1.807, 2.05) is 0 Å². The van der Waals surface area contributed by atoms with Gasteiger partial charge in [0.15, 0.2) is 0 Å². The van der Waals surface area contributed by atoms with Gasteiger partial charge in [0.05, 0.1) is 0 Å². The van der Waals surface area contributed by atoms with Crippen LogP contribution in [0.25, 0.3) is 66.1 Å². The molecule has 0 unspecified atom stereocenters. The van der Waals surface area contributed by atoms with Crippen LogP contribution in [0.5, 0.6) is 0 Å². The Labute approximate surface area is 247 Å². The van der Waals surface area contributed by atoms with Crippen LogP contribution >= 0.6 is 0 Å². The predicted molar refractivity (Wildman–Crippen MR) is 171 cm³/mol. The van der Waals surface area contributed by atoms with Gasteiger partial charge in [-0.15, -0.1) is 0 Å². The average Bonchev–Trinajstić information content (AvgIpc) is 3.49. The second-order valence-corrected chi connectivity index (χ2v) is 12.6. The number of hydrogen-bond acceptors (Lipinski definition) is 1. The number of rotatable bonds is 3. The van der Waals surface area contributed by atoms with Crippen molar-refractivity contribution in [3.8, 4) is 22.5 Å². The first-order valence-corrected chi connectivity index (χ1v) is 15.8. The zero-order valence-corrected chi connectivity index (χ0v) is 26.5. The minimum absolute atomic E-state index is 0.651. The van der Waals surface area contributed by atoms with E-state index >= 15 is 0 Å². The van der Waals surface area contributed by atoms with Crippen molar-refractivity contribution in [2.75, 3.05) is 0 Å². The third kappa shape index (κ3) is 3.49. The van der Waals surface area contributed by atoms with Crippen molar-refractivity contribution >= 4 is 71.7 Å². The molecule has 40 heavy (non-hydrogen) atoms. The molecule has 5 aromatic carbocycles. The molecule has 0 aliphatic rings. The molecule has 0 amide bonds. The van der Waals surface area contributed by atoms with E-state index in [1.165, 1.54) is 58.1 Å². The second-order valence-electron chi connectivity index (χ2n) is 10.3. The summed E-state index contributed by atoms with van der Waals surface area (Å²) in [7, 11) is 0. The van der Waals surface area contributed by atoms with E-state index in [0.717, 1.165) is 17.1 Å². The van der Waals surface area contributed by atoms with E-state index < -0.39 is 0 Å². The number of aryl methyl sites for hydroxylation is 1. The van der Waals surface area contributed by atoms with Crippen LogP contribution in [0.1, 0.15) is 5.69 Å². The molecule has 0 aliphatic carbocycles. The summed E-state index contributed by atoms with van der Waals surface area (Å²) >= 11 is 0.651. The quantitative estimate of drug-likeness (QED) is 0.174. The predicted octanol–water partition coefficient (Wildman–Crippen LogP) is 7.51. The van der Waals surface area contributed by atoms with Crippen LogP contribution in [0.4, 0.5) is 0 Å². The van der Waals surface area contributed by atoms with Crippen LogP contribution in [0, 0.1) is 6.92 Å². The second kappa shape index (κ2) is 9.15. The summed E-state index contributed by atoms with van der Waals surface area (Å²) in [5.41, 5.74) is 10.7. The molecule has 8 aromatic rings. The first kappa shape index (κ1) is 23.6. The van der Waals surface area contributed by atoms with Crippen LogP contribution in [0.2, 0.25) is 0 Å². The zero-order valence-electron chi connectivity index (χ0n) is 22.0. The van der Waals surface area contributed by atoms with Crippen molar-refractivity contribution in [3.63, 3.8) is 0 Å². The van der Waals surface area contributed by atoms with Crippen molar-refractivity contribution in [1.29, 1.82) is 0 Å². The van der Waals surface area contributed by atoms with Gasteiger partial charge in [-0.2, -0.15) is 0 Å². The maximum atomic E-state index is 4.83. The van der Waals surface area contributed by atoms with Crippen LogP contribution in [0.3, 0.4) is 0 Å². The number of nitrogens with zero attached hydrogens (tertiary/aromatic N) is 3. The molecular weight excluding hydrogens is 683 g/mol. The van der Waals surface area contributed by atoms with Gasteiger partial charge in [-0.05, 0) is 0 Å². The van der Waals surface area contributed by atoms with Crippen molar-refractivity contribution in [3.05, 3.63) is 133 Å². The van der Waals surface area contributed by atoms with Gasteiger partial charge in [0, 0.05) is 0 Å². The molecule has 3 aromatic heterocycles. The number of benzene rings is 5. The molecule has 0 saturated heterocycles. The Hall–Kier alpha value is -4.27. The van der Waals surface area contributed by atoms with E-state index in [2.05, 4.69) is 143 Å². The summed E-state index contributed by atoms with van der Waals surface area (Å²) in [6, 6.07) is 46.2. The van der Waals surface area contributed by atoms with Crippen LogP contribution in [-0.4, -0.2) is 38.8 Å². The topological polar surface area (TPSA) is 22.8 Å². The van der Waals surface area contributed by atoms with E-state index in [9.17, 15) is 0 Å². The summed E-state index contributed by atoms with van der Waals surface area (Å²) < 4.78 is 6.10. The van der Waals surface area contributed by atoms with E-state index in [0.29, 0.717) is 24.7 Å². The molecule has 190 valence electrons. The third-order valence-corrected chi connectivity index (χ3v) is 9.03. The molecule has 3 heterocycles. The first-order chi connectivity index (χ1) is 19.7. The summed E-state index contributed by atoms with van der Waals surface area (Å²) in [6.45, 7) is 2.12. The molecule has 4 heteroatoms. The summed E-state index contributed by atoms with van der Waals surface area (Å²) in [5.74, 6) is 0. The Morgan fingerprint density at radius 3 is 1.50 bits per heavy atom. The van der Waals surface area contributed by atoms with Gasteiger partial charge in [0.1, 0.15) is 0 Å². The normalized spacial score (nSPS) is 11.8. The van der Waals surface area contributed by atoms with Gasteiger partial charge < -0.3 is 0 Å². The molecule has 0 fully saturated rings. The van der Waals surface area contributed by atoms with Crippen molar-refractivity contribution < 1.29 is 0 Å². The van der Waals surface area contributed by atoms with E-state index in [-0.39, 0.29) is 0 Å². The number of pyridine rings is 1. The molecule has 0 saturated carbocycles.